The second kappa shape index (κ2) is 6.57. The van der Waals surface area contributed by atoms with E-state index >= 15 is 0 Å². The molecule has 0 aliphatic carbocycles. The van der Waals surface area contributed by atoms with Crippen LogP contribution in [0.1, 0.15) is 22.8 Å². The molecule has 4 aromatic rings. The number of carbonyl (C=O) groups is 1. The zero-order valence-corrected chi connectivity index (χ0v) is 14.6. The number of hydrogen-bond acceptors (Lipinski definition) is 4. The first-order chi connectivity index (χ1) is 13.1. The van der Waals surface area contributed by atoms with Gasteiger partial charge in [-0.15, -0.1) is 0 Å². The zero-order valence-electron chi connectivity index (χ0n) is 14.6. The van der Waals surface area contributed by atoms with E-state index in [-0.39, 0.29) is 11.3 Å². The number of aromatic carboxylic acids is 1. The van der Waals surface area contributed by atoms with Crippen LogP contribution in [0, 0.1) is 0 Å². The fourth-order valence-electron chi connectivity index (χ4n) is 3.12. The maximum atomic E-state index is 11.9. The summed E-state index contributed by atoms with van der Waals surface area (Å²) in [6.45, 7) is 2.08. The van der Waals surface area contributed by atoms with E-state index in [1.54, 1.807) is 18.2 Å². The third kappa shape index (κ3) is 3.01. The van der Waals surface area contributed by atoms with Crippen molar-refractivity contribution < 1.29 is 15.0 Å². The fourth-order valence-corrected chi connectivity index (χ4v) is 3.12. The van der Waals surface area contributed by atoms with Gasteiger partial charge >= 0.3 is 5.97 Å². The van der Waals surface area contributed by atoms with Crippen LogP contribution >= 0.6 is 0 Å². The third-order valence-corrected chi connectivity index (χ3v) is 4.55. The number of hydrogen-bond donors (Lipinski definition) is 3. The number of nitrogens with zero attached hydrogens (tertiary/aromatic N) is 2. The van der Waals surface area contributed by atoms with Crippen LogP contribution in [0.4, 0.5) is 0 Å². The van der Waals surface area contributed by atoms with Gasteiger partial charge in [0.25, 0.3) is 0 Å². The Morgan fingerprint density at radius 1 is 1.07 bits per heavy atom. The molecule has 0 unspecified atom stereocenters. The second-order valence-electron chi connectivity index (χ2n) is 6.26. The van der Waals surface area contributed by atoms with Gasteiger partial charge in [-0.2, -0.15) is 5.10 Å². The summed E-state index contributed by atoms with van der Waals surface area (Å²) >= 11 is 0. The molecule has 2 heterocycles. The standard InChI is InChI=1S/C21H17N3O3/c1-2-12-6-8-13(9-7-12)19-18-16(21(26)27)11-17(22-20(18)24-23-19)14-4-3-5-15(25)10-14/h3-11,25H,2H2,1H3,(H,26,27)(H,22,23,24). The number of aromatic nitrogens is 3. The number of pyridine rings is 1. The number of phenols is 1. The molecule has 0 amide bonds. The van der Waals surface area contributed by atoms with E-state index in [4.69, 9.17) is 0 Å². The van der Waals surface area contributed by atoms with Crippen molar-refractivity contribution in [2.75, 3.05) is 0 Å². The predicted octanol–water partition coefficient (Wildman–Crippen LogP) is 4.26. The lowest BCUT2D eigenvalue weighted by Gasteiger charge is -2.06. The van der Waals surface area contributed by atoms with Gasteiger partial charge in [-0.3, -0.25) is 5.10 Å². The number of aromatic amines is 1. The highest BCUT2D eigenvalue weighted by atomic mass is 16.4. The van der Waals surface area contributed by atoms with E-state index in [9.17, 15) is 15.0 Å². The Kier molecular flexibility index (Phi) is 4.08. The Morgan fingerprint density at radius 3 is 2.52 bits per heavy atom. The van der Waals surface area contributed by atoms with Crippen LogP contribution < -0.4 is 0 Å². The monoisotopic (exact) mass is 359 g/mol. The predicted molar refractivity (Wildman–Crippen MR) is 103 cm³/mol. The van der Waals surface area contributed by atoms with Gasteiger partial charge in [0.05, 0.1) is 22.3 Å². The first kappa shape index (κ1) is 16.8. The molecule has 4 rings (SSSR count). The van der Waals surface area contributed by atoms with E-state index in [1.807, 2.05) is 24.3 Å². The lowest BCUT2D eigenvalue weighted by atomic mass is 10.0. The molecule has 27 heavy (non-hydrogen) atoms. The van der Waals surface area contributed by atoms with E-state index in [2.05, 4.69) is 22.1 Å². The number of rotatable bonds is 4. The number of nitrogens with one attached hydrogen (secondary N) is 1. The molecule has 2 aromatic heterocycles. The summed E-state index contributed by atoms with van der Waals surface area (Å²) in [6.07, 6.45) is 0.930. The molecular weight excluding hydrogens is 342 g/mol. The smallest absolute Gasteiger partial charge is 0.336 e. The van der Waals surface area contributed by atoms with Gasteiger partial charge in [0.15, 0.2) is 5.65 Å². The molecule has 0 spiro atoms. The molecule has 6 nitrogen and oxygen atoms in total. The van der Waals surface area contributed by atoms with Crippen LogP contribution in [0.25, 0.3) is 33.5 Å². The van der Waals surface area contributed by atoms with Gasteiger partial charge in [-0.05, 0) is 30.2 Å². The Bertz CT molecular complexity index is 1150. The molecule has 0 atom stereocenters. The number of H-pyrrole nitrogens is 1. The van der Waals surface area contributed by atoms with Crippen molar-refractivity contribution >= 4 is 17.0 Å². The molecule has 3 N–H and O–H groups in total. The minimum atomic E-state index is -1.06. The molecule has 2 aromatic carbocycles. The molecule has 0 aliphatic rings. The number of aryl methyl sites for hydroxylation is 1. The van der Waals surface area contributed by atoms with Gasteiger partial charge in [0.2, 0.25) is 0 Å². The maximum absolute atomic E-state index is 11.9. The molecule has 0 saturated heterocycles. The van der Waals surface area contributed by atoms with Crippen molar-refractivity contribution in [3.05, 3.63) is 65.7 Å². The van der Waals surface area contributed by atoms with E-state index in [1.165, 1.54) is 17.7 Å². The number of fused-ring (bicyclic) bond motifs is 1. The molecular formula is C21H17N3O3. The van der Waals surface area contributed by atoms with Crippen molar-refractivity contribution in [3.63, 3.8) is 0 Å². The Morgan fingerprint density at radius 2 is 1.85 bits per heavy atom. The zero-order chi connectivity index (χ0) is 19.0. The van der Waals surface area contributed by atoms with Crippen LogP contribution in [0.3, 0.4) is 0 Å². The summed E-state index contributed by atoms with van der Waals surface area (Å²) in [6, 6.07) is 16.0. The molecule has 0 bridgehead atoms. The summed E-state index contributed by atoms with van der Waals surface area (Å²) in [7, 11) is 0. The minimum Gasteiger partial charge on any atom is -0.508 e. The number of benzene rings is 2. The van der Waals surface area contributed by atoms with Crippen molar-refractivity contribution in [2.45, 2.75) is 13.3 Å². The Balaban J connectivity index is 1.92. The highest BCUT2D eigenvalue weighted by Gasteiger charge is 2.19. The van der Waals surface area contributed by atoms with Gasteiger partial charge in [0, 0.05) is 11.1 Å². The lowest BCUT2D eigenvalue weighted by Crippen LogP contribution is -2.00. The van der Waals surface area contributed by atoms with Crippen molar-refractivity contribution in [1.29, 1.82) is 0 Å². The van der Waals surface area contributed by atoms with Crippen molar-refractivity contribution in [3.8, 4) is 28.3 Å². The van der Waals surface area contributed by atoms with Crippen LogP contribution in [-0.2, 0) is 6.42 Å². The normalized spacial score (nSPS) is 11.0. The average molecular weight is 359 g/mol. The number of phenolic OH excluding ortho intramolecular Hbond substituents is 1. The maximum Gasteiger partial charge on any atom is 0.336 e. The van der Waals surface area contributed by atoms with Crippen LogP contribution in [0.2, 0.25) is 0 Å². The van der Waals surface area contributed by atoms with E-state index in [0.717, 1.165) is 12.0 Å². The van der Waals surface area contributed by atoms with Crippen molar-refractivity contribution in [2.24, 2.45) is 0 Å². The molecule has 6 heteroatoms. The molecule has 0 radical (unpaired) electrons. The summed E-state index contributed by atoms with van der Waals surface area (Å²) in [5.41, 5.74) is 4.17. The minimum absolute atomic E-state index is 0.0880. The highest BCUT2D eigenvalue weighted by Crippen LogP contribution is 2.32. The van der Waals surface area contributed by atoms with Gasteiger partial charge < -0.3 is 10.2 Å². The molecule has 0 aliphatic heterocycles. The van der Waals surface area contributed by atoms with E-state index in [0.29, 0.717) is 28.0 Å². The average Bonchev–Trinajstić information content (AvgIpc) is 3.11. The van der Waals surface area contributed by atoms with Gasteiger partial charge in [-0.1, -0.05) is 43.3 Å². The van der Waals surface area contributed by atoms with Crippen LogP contribution in [-0.4, -0.2) is 31.4 Å². The summed E-state index contributed by atoms with van der Waals surface area (Å²) in [4.78, 5) is 16.4. The molecule has 0 saturated carbocycles. The highest BCUT2D eigenvalue weighted by molar-refractivity contribution is 6.08. The fraction of sp³-hybridized carbons (Fsp3) is 0.0952. The summed E-state index contributed by atoms with van der Waals surface area (Å²) in [5, 5.41) is 27.1. The lowest BCUT2D eigenvalue weighted by molar-refractivity contribution is 0.0699. The van der Waals surface area contributed by atoms with Crippen LogP contribution in [0.5, 0.6) is 5.75 Å². The van der Waals surface area contributed by atoms with E-state index < -0.39 is 5.97 Å². The summed E-state index contributed by atoms with van der Waals surface area (Å²) in [5.74, 6) is -0.971. The van der Waals surface area contributed by atoms with Gasteiger partial charge in [-0.25, -0.2) is 9.78 Å². The Hall–Kier alpha value is -3.67. The Labute approximate surface area is 155 Å². The topological polar surface area (TPSA) is 99.1 Å². The third-order valence-electron chi connectivity index (χ3n) is 4.55. The van der Waals surface area contributed by atoms with Gasteiger partial charge in [0.1, 0.15) is 5.75 Å². The quantitative estimate of drug-likeness (QED) is 0.506. The largest absolute Gasteiger partial charge is 0.508 e. The number of carboxylic acids is 1. The number of carboxylic acid groups (broad SMARTS) is 1. The first-order valence-corrected chi connectivity index (χ1v) is 8.58. The number of aromatic hydroxyl groups is 1. The molecule has 134 valence electrons. The SMILES string of the molecule is CCc1ccc(-c2[nH]nc3nc(-c4cccc(O)c4)cc(C(=O)O)c23)cc1. The second-order valence-corrected chi connectivity index (χ2v) is 6.26. The summed E-state index contributed by atoms with van der Waals surface area (Å²) < 4.78 is 0. The van der Waals surface area contributed by atoms with Crippen LogP contribution in [0.15, 0.2) is 54.6 Å². The van der Waals surface area contributed by atoms with Crippen molar-refractivity contribution in [1.82, 2.24) is 15.2 Å². The molecule has 0 fully saturated rings. The first-order valence-electron chi connectivity index (χ1n) is 8.58.